The van der Waals surface area contributed by atoms with Crippen molar-refractivity contribution in [1.29, 1.82) is 0 Å². The highest BCUT2D eigenvalue weighted by molar-refractivity contribution is 5.95. The molecule has 1 fully saturated rings. The fraction of sp³-hybridized carbons (Fsp3) is 0.435. The van der Waals surface area contributed by atoms with Gasteiger partial charge in [0.25, 0.3) is 0 Å². The molecule has 0 aliphatic carbocycles. The molecule has 2 aromatic carbocycles. The second kappa shape index (κ2) is 9.45. The van der Waals surface area contributed by atoms with Crippen molar-refractivity contribution in [2.45, 2.75) is 46.0 Å². The van der Waals surface area contributed by atoms with E-state index in [2.05, 4.69) is 65.8 Å². The Morgan fingerprint density at radius 2 is 1.59 bits per heavy atom. The Morgan fingerprint density at radius 1 is 0.926 bits per heavy atom. The minimum absolute atomic E-state index is 0.000882. The first-order chi connectivity index (χ1) is 13.2. The van der Waals surface area contributed by atoms with Gasteiger partial charge in [0.05, 0.1) is 17.9 Å². The van der Waals surface area contributed by atoms with Crippen molar-refractivity contribution < 1.29 is 4.79 Å². The van der Waals surface area contributed by atoms with E-state index in [1.165, 1.54) is 36.1 Å². The first-order valence-corrected chi connectivity index (χ1v) is 10.2. The fourth-order valence-electron chi connectivity index (χ4n) is 3.80. The summed E-state index contributed by atoms with van der Waals surface area (Å²) in [6.07, 6.45) is 5.61. The SMILES string of the molecule is CCc1cccc(CC)c1NC(=O)CNc1ccccc1N1CCCCC1. The number of carbonyl (C=O) groups excluding carboxylic acids is 1. The molecule has 1 aliphatic rings. The van der Waals surface area contributed by atoms with E-state index in [4.69, 9.17) is 0 Å². The lowest BCUT2D eigenvalue weighted by atomic mass is 10.0. The van der Waals surface area contributed by atoms with Gasteiger partial charge in [0.15, 0.2) is 0 Å². The molecule has 0 saturated carbocycles. The molecule has 0 atom stereocenters. The number of hydrogen-bond acceptors (Lipinski definition) is 3. The van der Waals surface area contributed by atoms with E-state index in [1.54, 1.807) is 0 Å². The van der Waals surface area contributed by atoms with Crippen molar-refractivity contribution in [1.82, 2.24) is 0 Å². The third-order valence-electron chi connectivity index (χ3n) is 5.30. The van der Waals surface area contributed by atoms with Crippen molar-refractivity contribution in [3.63, 3.8) is 0 Å². The average Bonchev–Trinajstić information content (AvgIpc) is 2.73. The molecule has 3 rings (SSSR count). The van der Waals surface area contributed by atoms with Crippen molar-refractivity contribution in [2.75, 3.05) is 35.2 Å². The lowest BCUT2D eigenvalue weighted by molar-refractivity contribution is -0.114. The van der Waals surface area contributed by atoms with Crippen LogP contribution in [0.15, 0.2) is 42.5 Å². The highest BCUT2D eigenvalue weighted by Gasteiger charge is 2.15. The average molecular weight is 366 g/mol. The van der Waals surface area contributed by atoms with Gasteiger partial charge in [-0.05, 0) is 55.4 Å². The molecule has 0 radical (unpaired) electrons. The Hall–Kier alpha value is -2.49. The zero-order valence-electron chi connectivity index (χ0n) is 16.6. The minimum atomic E-state index is -0.000882. The molecule has 27 heavy (non-hydrogen) atoms. The highest BCUT2D eigenvalue weighted by Crippen LogP contribution is 2.28. The summed E-state index contributed by atoms with van der Waals surface area (Å²) in [5, 5.41) is 6.49. The van der Waals surface area contributed by atoms with Crippen molar-refractivity contribution in [3.05, 3.63) is 53.6 Å². The predicted octanol–water partition coefficient (Wildman–Crippen LogP) is 4.85. The summed E-state index contributed by atoms with van der Waals surface area (Å²) in [6, 6.07) is 14.6. The zero-order chi connectivity index (χ0) is 19.1. The Morgan fingerprint density at radius 3 is 2.26 bits per heavy atom. The Kier molecular flexibility index (Phi) is 6.74. The summed E-state index contributed by atoms with van der Waals surface area (Å²) in [5.41, 5.74) is 5.61. The molecule has 1 heterocycles. The van der Waals surface area contributed by atoms with Crippen LogP contribution in [0.25, 0.3) is 0 Å². The Labute approximate surface area is 163 Å². The van der Waals surface area contributed by atoms with Gasteiger partial charge in [0.1, 0.15) is 0 Å². The second-order valence-corrected chi connectivity index (χ2v) is 7.12. The summed E-state index contributed by atoms with van der Waals surface area (Å²) < 4.78 is 0. The predicted molar refractivity (Wildman–Crippen MR) is 115 cm³/mol. The number of nitrogens with one attached hydrogen (secondary N) is 2. The molecule has 4 heteroatoms. The number of anilines is 3. The molecule has 144 valence electrons. The molecule has 1 saturated heterocycles. The number of benzene rings is 2. The van der Waals surface area contributed by atoms with Crippen LogP contribution >= 0.6 is 0 Å². The number of para-hydroxylation sites is 3. The first kappa shape index (κ1) is 19.3. The van der Waals surface area contributed by atoms with Gasteiger partial charge in [-0.2, -0.15) is 0 Å². The first-order valence-electron chi connectivity index (χ1n) is 10.2. The molecule has 1 amide bonds. The molecule has 2 aromatic rings. The van der Waals surface area contributed by atoms with Gasteiger partial charge in [-0.3, -0.25) is 4.79 Å². The number of amides is 1. The van der Waals surface area contributed by atoms with Crippen LogP contribution < -0.4 is 15.5 Å². The molecular formula is C23H31N3O. The smallest absolute Gasteiger partial charge is 0.243 e. The number of rotatable bonds is 7. The summed E-state index contributed by atoms with van der Waals surface area (Å²) in [7, 11) is 0. The Bertz CT molecular complexity index is 744. The molecule has 0 unspecified atom stereocenters. The van der Waals surface area contributed by atoms with Gasteiger partial charge >= 0.3 is 0 Å². The largest absolute Gasteiger partial charge is 0.374 e. The van der Waals surface area contributed by atoms with Crippen LogP contribution in [0.3, 0.4) is 0 Å². The molecular weight excluding hydrogens is 334 g/mol. The summed E-state index contributed by atoms with van der Waals surface area (Å²) >= 11 is 0. The molecule has 1 aliphatic heterocycles. The second-order valence-electron chi connectivity index (χ2n) is 7.12. The maximum Gasteiger partial charge on any atom is 0.243 e. The zero-order valence-corrected chi connectivity index (χ0v) is 16.6. The standard InChI is InChI=1S/C23H31N3O/c1-3-18-11-10-12-19(4-2)23(18)25-22(27)17-24-20-13-6-7-14-21(20)26-15-8-5-9-16-26/h6-7,10-14,24H,3-5,8-9,15-17H2,1-2H3,(H,25,27). The molecule has 2 N–H and O–H groups in total. The third-order valence-corrected chi connectivity index (χ3v) is 5.30. The van der Waals surface area contributed by atoms with Crippen molar-refractivity contribution in [3.8, 4) is 0 Å². The summed E-state index contributed by atoms with van der Waals surface area (Å²) in [5.74, 6) is -0.000882. The number of carbonyl (C=O) groups is 1. The van der Waals surface area contributed by atoms with Gasteiger partial charge in [-0.1, -0.05) is 44.2 Å². The van der Waals surface area contributed by atoms with Crippen LogP contribution in [0.5, 0.6) is 0 Å². The van der Waals surface area contributed by atoms with E-state index in [0.717, 1.165) is 37.3 Å². The molecule has 4 nitrogen and oxygen atoms in total. The fourth-order valence-corrected chi connectivity index (χ4v) is 3.80. The van der Waals surface area contributed by atoms with E-state index >= 15 is 0 Å². The number of piperidine rings is 1. The topological polar surface area (TPSA) is 44.4 Å². The summed E-state index contributed by atoms with van der Waals surface area (Å²) in [6.45, 7) is 6.70. The maximum atomic E-state index is 12.6. The van der Waals surface area contributed by atoms with Crippen LogP contribution in [-0.2, 0) is 17.6 Å². The van der Waals surface area contributed by atoms with E-state index in [1.807, 2.05) is 6.07 Å². The third kappa shape index (κ3) is 4.82. The van der Waals surface area contributed by atoms with Crippen LogP contribution in [0, 0.1) is 0 Å². The lowest BCUT2D eigenvalue weighted by Gasteiger charge is -2.30. The van der Waals surface area contributed by atoms with E-state index in [0.29, 0.717) is 0 Å². The van der Waals surface area contributed by atoms with Gasteiger partial charge in [0.2, 0.25) is 5.91 Å². The van der Waals surface area contributed by atoms with Crippen molar-refractivity contribution in [2.24, 2.45) is 0 Å². The number of aryl methyl sites for hydroxylation is 2. The van der Waals surface area contributed by atoms with E-state index < -0.39 is 0 Å². The monoisotopic (exact) mass is 365 g/mol. The van der Waals surface area contributed by atoms with Crippen LogP contribution in [0.1, 0.15) is 44.2 Å². The van der Waals surface area contributed by atoms with Gasteiger partial charge in [0, 0.05) is 18.8 Å². The molecule has 0 spiro atoms. The highest BCUT2D eigenvalue weighted by atomic mass is 16.1. The normalized spacial score (nSPS) is 14.1. The number of nitrogens with zero attached hydrogens (tertiary/aromatic N) is 1. The van der Waals surface area contributed by atoms with Gasteiger partial charge in [-0.25, -0.2) is 0 Å². The summed E-state index contributed by atoms with van der Waals surface area (Å²) in [4.78, 5) is 15.0. The molecule has 0 aromatic heterocycles. The minimum Gasteiger partial charge on any atom is -0.374 e. The Balaban J connectivity index is 1.67. The van der Waals surface area contributed by atoms with E-state index in [-0.39, 0.29) is 12.5 Å². The quantitative estimate of drug-likeness (QED) is 0.737. The maximum absolute atomic E-state index is 12.6. The van der Waals surface area contributed by atoms with E-state index in [9.17, 15) is 4.79 Å². The van der Waals surface area contributed by atoms with Gasteiger partial charge < -0.3 is 15.5 Å². The number of hydrogen-bond donors (Lipinski definition) is 2. The molecule has 0 bridgehead atoms. The van der Waals surface area contributed by atoms with Gasteiger partial charge in [-0.15, -0.1) is 0 Å². The van der Waals surface area contributed by atoms with Crippen LogP contribution in [0.4, 0.5) is 17.1 Å². The van der Waals surface area contributed by atoms with Crippen LogP contribution in [0.2, 0.25) is 0 Å². The van der Waals surface area contributed by atoms with Crippen molar-refractivity contribution >= 4 is 23.0 Å². The lowest BCUT2D eigenvalue weighted by Crippen LogP contribution is -2.30. The van der Waals surface area contributed by atoms with Crippen LogP contribution in [-0.4, -0.2) is 25.5 Å².